The van der Waals surface area contributed by atoms with Gasteiger partial charge in [0, 0.05) is 24.9 Å². The number of benzene rings is 1. The summed E-state index contributed by atoms with van der Waals surface area (Å²) in [7, 11) is 3.25. The first-order chi connectivity index (χ1) is 11.3. The molecule has 1 aliphatic rings. The highest BCUT2D eigenvalue weighted by molar-refractivity contribution is 14.0. The molecule has 6 nitrogen and oxygen atoms in total. The predicted octanol–water partition coefficient (Wildman–Crippen LogP) is 3.13. The molecule has 0 heterocycles. The van der Waals surface area contributed by atoms with E-state index in [2.05, 4.69) is 15.6 Å². The maximum Gasteiger partial charge on any atom is 0.195 e. The number of hydrogen-bond acceptors (Lipinski definition) is 4. The van der Waals surface area contributed by atoms with Crippen LogP contribution in [0, 0.1) is 5.92 Å². The fourth-order valence-electron chi connectivity index (χ4n) is 2.11. The number of methoxy groups -OCH3 is 2. The number of hydrogen-bond donors (Lipinski definition) is 2. The molecule has 2 rings (SSSR count). The molecule has 1 fully saturated rings. The molecule has 1 aromatic rings. The molecule has 0 aliphatic heterocycles. The van der Waals surface area contributed by atoms with Crippen LogP contribution in [0.3, 0.4) is 0 Å². The number of nitrogens with one attached hydrogen (secondary N) is 2. The minimum absolute atomic E-state index is 0. The van der Waals surface area contributed by atoms with Crippen LogP contribution in [0.15, 0.2) is 23.2 Å². The number of rotatable bonds is 9. The fourth-order valence-corrected chi connectivity index (χ4v) is 2.11. The van der Waals surface area contributed by atoms with E-state index >= 15 is 0 Å². The second-order valence-corrected chi connectivity index (χ2v) is 5.47. The lowest BCUT2D eigenvalue weighted by Crippen LogP contribution is -2.31. The molecular formula is C17H28IN3O3. The summed E-state index contributed by atoms with van der Waals surface area (Å²) in [6.45, 7) is 4.99. The molecule has 0 bridgehead atoms. The van der Waals surface area contributed by atoms with Gasteiger partial charge in [-0.1, -0.05) is 0 Å². The van der Waals surface area contributed by atoms with Crippen LogP contribution in [0.1, 0.15) is 19.8 Å². The summed E-state index contributed by atoms with van der Waals surface area (Å²) < 4.78 is 16.2. The molecule has 7 heteroatoms. The normalized spacial score (nSPS) is 13.9. The summed E-state index contributed by atoms with van der Waals surface area (Å²) in [6.07, 6.45) is 2.62. The van der Waals surface area contributed by atoms with E-state index in [1.807, 2.05) is 25.1 Å². The van der Waals surface area contributed by atoms with Gasteiger partial charge in [-0.15, -0.1) is 24.0 Å². The smallest absolute Gasteiger partial charge is 0.195 e. The molecule has 2 N–H and O–H groups in total. The van der Waals surface area contributed by atoms with Crippen LogP contribution in [-0.4, -0.2) is 46.5 Å². The molecule has 1 saturated carbocycles. The van der Waals surface area contributed by atoms with Crippen LogP contribution in [0.2, 0.25) is 0 Å². The Morgan fingerprint density at radius 3 is 2.58 bits per heavy atom. The molecule has 0 radical (unpaired) electrons. The molecule has 1 aliphatic carbocycles. The summed E-state index contributed by atoms with van der Waals surface area (Å²) in [5, 5.41) is 6.49. The number of halogens is 1. The van der Waals surface area contributed by atoms with Crippen molar-refractivity contribution in [2.45, 2.75) is 19.8 Å². The number of aliphatic imine (C=N–C) groups is 1. The van der Waals surface area contributed by atoms with Gasteiger partial charge < -0.3 is 24.8 Å². The average Bonchev–Trinajstić information content (AvgIpc) is 3.38. The van der Waals surface area contributed by atoms with Crippen molar-refractivity contribution < 1.29 is 14.2 Å². The van der Waals surface area contributed by atoms with Crippen molar-refractivity contribution in [3.63, 3.8) is 0 Å². The monoisotopic (exact) mass is 449 g/mol. The highest BCUT2D eigenvalue weighted by Gasteiger charge is 2.20. The Kier molecular flexibility index (Phi) is 9.85. The van der Waals surface area contributed by atoms with Crippen LogP contribution in [0.5, 0.6) is 11.5 Å². The Labute approximate surface area is 161 Å². The van der Waals surface area contributed by atoms with E-state index in [9.17, 15) is 0 Å². The Balaban J connectivity index is 0.00000288. The largest absolute Gasteiger partial charge is 0.493 e. The van der Waals surface area contributed by atoms with Gasteiger partial charge in [0.2, 0.25) is 0 Å². The highest BCUT2D eigenvalue weighted by atomic mass is 127. The van der Waals surface area contributed by atoms with Crippen molar-refractivity contribution in [2.75, 3.05) is 45.8 Å². The third kappa shape index (κ3) is 7.12. The van der Waals surface area contributed by atoms with E-state index in [-0.39, 0.29) is 24.0 Å². The van der Waals surface area contributed by atoms with E-state index < -0.39 is 0 Å². The van der Waals surface area contributed by atoms with Gasteiger partial charge in [-0.25, -0.2) is 0 Å². The Morgan fingerprint density at radius 1 is 1.21 bits per heavy atom. The summed E-state index contributed by atoms with van der Waals surface area (Å²) in [4.78, 5) is 4.52. The zero-order chi connectivity index (χ0) is 16.5. The van der Waals surface area contributed by atoms with Gasteiger partial charge in [-0.05, 0) is 37.8 Å². The van der Waals surface area contributed by atoms with Crippen molar-refractivity contribution in [1.82, 2.24) is 5.32 Å². The van der Waals surface area contributed by atoms with Crippen LogP contribution in [-0.2, 0) is 4.74 Å². The van der Waals surface area contributed by atoms with Crippen molar-refractivity contribution >= 4 is 35.6 Å². The number of nitrogens with zero attached hydrogens (tertiary/aromatic N) is 1. The van der Waals surface area contributed by atoms with Gasteiger partial charge in [0.15, 0.2) is 17.5 Å². The molecule has 136 valence electrons. The molecule has 0 amide bonds. The van der Waals surface area contributed by atoms with Gasteiger partial charge in [-0.3, -0.25) is 4.99 Å². The van der Waals surface area contributed by atoms with Crippen molar-refractivity contribution in [2.24, 2.45) is 10.9 Å². The molecule has 0 unspecified atom stereocenters. The fraction of sp³-hybridized carbons (Fsp3) is 0.588. The van der Waals surface area contributed by atoms with Crippen LogP contribution >= 0.6 is 24.0 Å². The second-order valence-electron chi connectivity index (χ2n) is 5.47. The Bertz CT molecular complexity index is 522. The second kappa shape index (κ2) is 11.4. The van der Waals surface area contributed by atoms with Crippen LogP contribution in [0.4, 0.5) is 5.69 Å². The first-order valence-corrected chi connectivity index (χ1v) is 8.12. The molecule has 0 spiro atoms. The lowest BCUT2D eigenvalue weighted by atomic mass is 10.3. The topological polar surface area (TPSA) is 64.1 Å². The van der Waals surface area contributed by atoms with Crippen molar-refractivity contribution in [1.29, 1.82) is 0 Å². The van der Waals surface area contributed by atoms with E-state index in [0.717, 1.165) is 30.7 Å². The van der Waals surface area contributed by atoms with Gasteiger partial charge in [0.25, 0.3) is 0 Å². The lowest BCUT2D eigenvalue weighted by molar-refractivity contribution is 0.132. The quantitative estimate of drug-likeness (QED) is 0.263. The highest BCUT2D eigenvalue weighted by Crippen LogP contribution is 2.30. The molecule has 0 atom stereocenters. The minimum Gasteiger partial charge on any atom is -0.493 e. The standard InChI is InChI=1S/C17H27N3O3.HI/c1-4-18-17(19-9-10-23-12-13-5-6-13)20-14-7-8-15(21-2)16(11-14)22-3;/h7-8,11,13H,4-6,9-10,12H2,1-3H3,(H2,18,19,20);1H. The van der Waals surface area contributed by atoms with Crippen LogP contribution < -0.4 is 20.1 Å². The first-order valence-electron chi connectivity index (χ1n) is 8.12. The first kappa shape index (κ1) is 20.8. The summed E-state index contributed by atoms with van der Waals surface area (Å²) in [5.74, 6) is 2.90. The minimum atomic E-state index is 0. The van der Waals surface area contributed by atoms with Gasteiger partial charge in [0.05, 0.1) is 27.4 Å². The molecule has 1 aromatic carbocycles. The van der Waals surface area contributed by atoms with Gasteiger partial charge in [-0.2, -0.15) is 0 Å². The zero-order valence-corrected chi connectivity index (χ0v) is 17.0. The number of anilines is 1. The zero-order valence-electron chi connectivity index (χ0n) is 14.6. The van der Waals surface area contributed by atoms with Crippen LogP contribution in [0.25, 0.3) is 0 Å². The maximum absolute atomic E-state index is 5.60. The lowest BCUT2D eigenvalue weighted by Gasteiger charge is -2.13. The molecular weight excluding hydrogens is 421 g/mol. The molecule has 0 saturated heterocycles. The van der Waals surface area contributed by atoms with E-state index in [0.29, 0.717) is 24.7 Å². The van der Waals surface area contributed by atoms with Gasteiger partial charge in [0.1, 0.15) is 0 Å². The molecule has 0 aromatic heterocycles. The van der Waals surface area contributed by atoms with Gasteiger partial charge >= 0.3 is 0 Å². The Hall–Kier alpha value is -1.22. The van der Waals surface area contributed by atoms with Crippen molar-refractivity contribution in [3.8, 4) is 11.5 Å². The third-order valence-electron chi connectivity index (χ3n) is 3.55. The SMILES string of the molecule is CCNC(=NCCOCC1CC1)Nc1ccc(OC)c(OC)c1.I. The Morgan fingerprint density at radius 2 is 1.96 bits per heavy atom. The molecule has 24 heavy (non-hydrogen) atoms. The van der Waals surface area contributed by atoms with E-state index in [4.69, 9.17) is 14.2 Å². The van der Waals surface area contributed by atoms with Crippen molar-refractivity contribution in [3.05, 3.63) is 18.2 Å². The third-order valence-corrected chi connectivity index (χ3v) is 3.55. The van der Waals surface area contributed by atoms with E-state index in [1.165, 1.54) is 12.8 Å². The maximum atomic E-state index is 5.60. The number of guanidine groups is 1. The summed E-state index contributed by atoms with van der Waals surface area (Å²) >= 11 is 0. The van der Waals surface area contributed by atoms with E-state index in [1.54, 1.807) is 14.2 Å². The predicted molar refractivity (Wildman–Crippen MR) is 108 cm³/mol. The summed E-state index contributed by atoms with van der Waals surface area (Å²) in [6, 6.07) is 5.68. The number of ether oxygens (including phenoxy) is 3. The summed E-state index contributed by atoms with van der Waals surface area (Å²) in [5.41, 5.74) is 0.890. The average molecular weight is 449 g/mol.